The van der Waals surface area contributed by atoms with E-state index < -0.39 is 12.7 Å². The molecule has 6 heteroatoms. The number of hydrogen-bond acceptors (Lipinski definition) is 2. The molecule has 1 saturated heterocycles. The molecule has 0 radical (unpaired) electrons. The minimum absolute atomic E-state index is 0.180. The third-order valence-corrected chi connectivity index (χ3v) is 3.79. The molecule has 0 spiro atoms. The Morgan fingerprint density at radius 1 is 1.30 bits per heavy atom. The minimum Gasteiger partial charge on any atom is -0.381 e. The number of nitrogens with one attached hydrogen (secondary N) is 1. The molecule has 0 saturated carbocycles. The molecule has 1 N–H and O–H groups in total. The number of nitrogens with zero attached hydrogens (tertiary/aromatic N) is 1. The lowest BCUT2D eigenvalue weighted by Gasteiger charge is -2.33. The first-order valence-electron chi connectivity index (χ1n) is 6.65. The maximum absolute atomic E-state index is 12.3. The summed E-state index contributed by atoms with van der Waals surface area (Å²) in [6.45, 7) is 2.07. The topological polar surface area (TPSA) is 15.3 Å². The maximum Gasteiger partial charge on any atom is 0.401 e. The highest BCUT2D eigenvalue weighted by atomic mass is 35.5. The molecule has 2 nitrogen and oxygen atoms in total. The summed E-state index contributed by atoms with van der Waals surface area (Å²) >= 11 is 6.14. The SMILES string of the molecule is Cc1ccc(NC2CCN(CC(F)(F)F)CC2)c(Cl)c1. The second kappa shape index (κ2) is 6.22. The molecule has 1 aliphatic heterocycles. The predicted octanol–water partition coefficient (Wildman–Crippen LogP) is 4.09. The van der Waals surface area contributed by atoms with E-state index in [0.29, 0.717) is 31.0 Å². The molecule has 1 aliphatic rings. The standard InChI is InChI=1S/C14H18ClF3N2/c1-10-2-3-13(12(15)8-10)19-11-4-6-20(7-5-11)9-14(16,17)18/h2-3,8,11,19H,4-7,9H2,1H3. The fourth-order valence-electron chi connectivity index (χ4n) is 2.45. The van der Waals surface area contributed by atoms with Crippen LogP contribution < -0.4 is 5.32 Å². The Hall–Kier alpha value is -0.940. The van der Waals surface area contributed by atoms with E-state index in [0.717, 1.165) is 11.3 Å². The minimum atomic E-state index is -4.11. The average molecular weight is 307 g/mol. The fraction of sp³-hybridized carbons (Fsp3) is 0.571. The third-order valence-electron chi connectivity index (χ3n) is 3.47. The van der Waals surface area contributed by atoms with Crippen LogP contribution in [-0.4, -0.2) is 36.8 Å². The Morgan fingerprint density at radius 2 is 1.95 bits per heavy atom. The van der Waals surface area contributed by atoms with Gasteiger partial charge in [-0.05, 0) is 37.5 Å². The first-order chi connectivity index (χ1) is 9.33. The number of aryl methyl sites for hydroxylation is 1. The lowest BCUT2D eigenvalue weighted by molar-refractivity contribution is -0.147. The highest BCUT2D eigenvalue weighted by Gasteiger charge is 2.32. The Morgan fingerprint density at radius 3 is 2.50 bits per heavy atom. The van der Waals surface area contributed by atoms with Gasteiger partial charge in [0.15, 0.2) is 0 Å². The lowest BCUT2D eigenvalue weighted by atomic mass is 10.0. The molecule has 1 aromatic rings. The van der Waals surface area contributed by atoms with Crippen LogP contribution in [0.5, 0.6) is 0 Å². The Bertz CT molecular complexity index is 454. The zero-order valence-electron chi connectivity index (χ0n) is 11.3. The summed E-state index contributed by atoms with van der Waals surface area (Å²) in [5, 5.41) is 3.98. The first-order valence-corrected chi connectivity index (χ1v) is 7.03. The number of hydrogen-bond donors (Lipinski definition) is 1. The molecule has 0 aliphatic carbocycles. The van der Waals surface area contributed by atoms with Crippen molar-refractivity contribution in [1.29, 1.82) is 0 Å². The maximum atomic E-state index is 12.3. The van der Waals surface area contributed by atoms with E-state index in [-0.39, 0.29) is 6.04 Å². The van der Waals surface area contributed by atoms with Crippen LogP contribution in [0.4, 0.5) is 18.9 Å². The van der Waals surface area contributed by atoms with E-state index in [1.54, 1.807) is 0 Å². The van der Waals surface area contributed by atoms with Crippen LogP contribution in [0, 0.1) is 6.92 Å². The van der Waals surface area contributed by atoms with Crippen LogP contribution in [0.1, 0.15) is 18.4 Å². The quantitative estimate of drug-likeness (QED) is 0.905. The summed E-state index contributed by atoms with van der Waals surface area (Å²) in [5.41, 5.74) is 1.94. The number of anilines is 1. The van der Waals surface area contributed by atoms with Crippen molar-refractivity contribution < 1.29 is 13.2 Å². The molecular formula is C14H18ClF3N2. The first kappa shape index (κ1) is 15.4. The van der Waals surface area contributed by atoms with Gasteiger partial charge in [-0.1, -0.05) is 17.7 Å². The van der Waals surface area contributed by atoms with Crippen LogP contribution in [0.3, 0.4) is 0 Å². The van der Waals surface area contributed by atoms with Gasteiger partial charge in [-0.2, -0.15) is 13.2 Å². The average Bonchev–Trinajstić information content (AvgIpc) is 2.33. The van der Waals surface area contributed by atoms with Gasteiger partial charge in [0, 0.05) is 19.1 Å². The van der Waals surface area contributed by atoms with Gasteiger partial charge in [0.05, 0.1) is 17.3 Å². The fourth-order valence-corrected chi connectivity index (χ4v) is 2.74. The monoisotopic (exact) mass is 306 g/mol. The molecule has 0 amide bonds. The van der Waals surface area contributed by atoms with E-state index in [1.165, 1.54) is 4.90 Å². The van der Waals surface area contributed by atoms with Gasteiger partial charge in [0.25, 0.3) is 0 Å². The molecule has 112 valence electrons. The Kier molecular flexibility index (Phi) is 4.81. The van der Waals surface area contributed by atoms with Crippen molar-refractivity contribution in [3.63, 3.8) is 0 Å². The van der Waals surface area contributed by atoms with Gasteiger partial charge in [-0.3, -0.25) is 4.90 Å². The van der Waals surface area contributed by atoms with Crippen LogP contribution in [0.25, 0.3) is 0 Å². The predicted molar refractivity (Wildman–Crippen MR) is 75.3 cm³/mol. The normalized spacial score (nSPS) is 18.2. The van der Waals surface area contributed by atoms with Crippen molar-refractivity contribution in [3.8, 4) is 0 Å². The van der Waals surface area contributed by atoms with E-state index in [2.05, 4.69) is 5.32 Å². The summed E-state index contributed by atoms with van der Waals surface area (Å²) in [6, 6.07) is 5.94. The molecule has 1 aromatic carbocycles. The number of benzene rings is 1. The Balaban J connectivity index is 1.85. The molecular weight excluding hydrogens is 289 g/mol. The summed E-state index contributed by atoms with van der Waals surface area (Å²) in [5.74, 6) is 0. The lowest BCUT2D eigenvalue weighted by Crippen LogP contribution is -2.43. The molecule has 2 rings (SSSR count). The van der Waals surface area contributed by atoms with Gasteiger partial charge in [-0.25, -0.2) is 0 Å². The second-order valence-electron chi connectivity index (χ2n) is 5.29. The van der Waals surface area contributed by atoms with Crippen molar-refractivity contribution in [2.75, 3.05) is 25.0 Å². The van der Waals surface area contributed by atoms with E-state index in [1.807, 2.05) is 25.1 Å². The zero-order chi connectivity index (χ0) is 14.8. The van der Waals surface area contributed by atoms with Gasteiger partial charge >= 0.3 is 6.18 Å². The Labute approximate surface area is 121 Å². The summed E-state index contributed by atoms with van der Waals surface area (Å²) < 4.78 is 36.9. The third kappa shape index (κ3) is 4.56. The number of likely N-dealkylation sites (tertiary alicyclic amines) is 1. The van der Waals surface area contributed by atoms with Crippen molar-refractivity contribution in [3.05, 3.63) is 28.8 Å². The van der Waals surface area contributed by atoms with Gasteiger partial charge in [-0.15, -0.1) is 0 Å². The van der Waals surface area contributed by atoms with E-state index in [9.17, 15) is 13.2 Å². The summed E-state index contributed by atoms with van der Waals surface area (Å²) in [7, 11) is 0. The highest BCUT2D eigenvalue weighted by Crippen LogP contribution is 2.26. The molecule has 0 aromatic heterocycles. The van der Waals surface area contributed by atoms with Gasteiger partial charge < -0.3 is 5.32 Å². The van der Waals surface area contributed by atoms with Crippen LogP contribution in [0.15, 0.2) is 18.2 Å². The van der Waals surface area contributed by atoms with Crippen molar-refractivity contribution in [2.45, 2.75) is 32.0 Å². The van der Waals surface area contributed by atoms with Crippen molar-refractivity contribution in [1.82, 2.24) is 4.90 Å². The number of rotatable bonds is 3. The number of alkyl halides is 3. The highest BCUT2D eigenvalue weighted by molar-refractivity contribution is 6.33. The molecule has 0 unspecified atom stereocenters. The number of piperidine rings is 1. The smallest absolute Gasteiger partial charge is 0.381 e. The largest absolute Gasteiger partial charge is 0.401 e. The van der Waals surface area contributed by atoms with Crippen LogP contribution in [0.2, 0.25) is 5.02 Å². The van der Waals surface area contributed by atoms with Crippen LogP contribution >= 0.6 is 11.6 Å². The van der Waals surface area contributed by atoms with Crippen molar-refractivity contribution >= 4 is 17.3 Å². The summed E-state index contributed by atoms with van der Waals surface area (Å²) in [6.07, 6.45) is -2.72. The second-order valence-corrected chi connectivity index (χ2v) is 5.70. The van der Waals surface area contributed by atoms with Gasteiger partial charge in [0.2, 0.25) is 0 Å². The molecule has 1 fully saturated rings. The molecule has 0 bridgehead atoms. The van der Waals surface area contributed by atoms with E-state index in [4.69, 9.17) is 11.6 Å². The zero-order valence-corrected chi connectivity index (χ0v) is 12.1. The van der Waals surface area contributed by atoms with Crippen LogP contribution in [-0.2, 0) is 0 Å². The summed E-state index contributed by atoms with van der Waals surface area (Å²) in [4.78, 5) is 1.45. The molecule has 0 atom stereocenters. The molecule has 1 heterocycles. The van der Waals surface area contributed by atoms with Crippen molar-refractivity contribution in [2.24, 2.45) is 0 Å². The van der Waals surface area contributed by atoms with E-state index >= 15 is 0 Å². The number of halogens is 4. The molecule has 20 heavy (non-hydrogen) atoms. The van der Waals surface area contributed by atoms with Gasteiger partial charge in [0.1, 0.15) is 0 Å².